The second-order valence-corrected chi connectivity index (χ2v) is 4.46. The van der Waals surface area contributed by atoms with Crippen LogP contribution in [0.5, 0.6) is 0 Å². The van der Waals surface area contributed by atoms with Gasteiger partial charge in [-0.25, -0.2) is 4.79 Å². The Morgan fingerprint density at radius 2 is 1.62 bits per heavy atom. The molecule has 0 atom stereocenters. The lowest BCUT2D eigenvalue weighted by atomic mass is 10.1. The van der Waals surface area contributed by atoms with Crippen molar-refractivity contribution in [3.8, 4) is 0 Å². The van der Waals surface area contributed by atoms with Gasteiger partial charge in [0.15, 0.2) is 0 Å². The molecule has 0 radical (unpaired) electrons. The molecular formula is C17H15NO3. The number of anilines is 1. The number of aromatic carboxylic acids is 1. The highest BCUT2D eigenvalue weighted by Gasteiger charge is 2.15. The van der Waals surface area contributed by atoms with Crippen LogP contribution in [-0.4, -0.2) is 24.0 Å². The summed E-state index contributed by atoms with van der Waals surface area (Å²) in [5.41, 5.74) is 1.37. The van der Waals surface area contributed by atoms with Crippen LogP contribution >= 0.6 is 0 Å². The van der Waals surface area contributed by atoms with Gasteiger partial charge in [0.2, 0.25) is 0 Å². The Morgan fingerprint density at radius 1 is 1.00 bits per heavy atom. The third-order valence-corrected chi connectivity index (χ3v) is 3.04. The van der Waals surface area contributed by atoms with E-state index in [1.807, 2.05) is 30.3 Å². The molecule has 0 saturated heterocycles. The van der Waals surface area contributed by atoms with Crippen LogP contribution in [0.2, 0.25) is 0 Å². The molecule has 1 amide bonds. The van der Waals surface area contributed by atoms with E-state index in [-0.39, 0.29) is 11.5 Å². The average Bonchev–Trinajstić information content (AvgIpc) is 2.52. The lowest BCUT2D eigenvalue weighted by Crippen LogP contribution is -2.25. The Kier molecular flexibility index (Phi) is 4.51. The highest BCUT2D eigenvalue weighted by atomic mass is 16.4. The van der Waals surface area contributed by atoms with Crippen molar-refractivity contribution < 1.29 is 14.7 Å². The van der Waals surface area contributed by atoms with Gasteiger partial charge in [0.25, 0.3) is 5.91 Å². The molecule has 0 fully saturated rings. The van der Waals surface area contributed by atoms with Crippen LogP contribution in [0.15, 0.2) is 60.7 Å². The van der Waals surface area contributed by atoms with Gasteiger partial charge in [0.05, 0.1) is 11.3 Å². The third kappa shape index (κ3) is 3.57. The first-order chi connectivity index (χ1) is 10.1. The molecule has 0 saturated carbocycles. The molecule has 106 valence electrons. The van der Waals surface area contributed by atoms with E-state index in [4.69, 9.17) is 5.11 Å². The fraction of sp³-hybridized carbons (Fsp3) is 0.0588. The molecule has 1 N–H and O–H groups in total. The van der Waals surface area contributed by atoms with E-state index in [1.165, 1.54) is 17.0 Å². The number of carbonyl (C=O) groups is 2. The molecule has 0 bridgehead atoms. The zero-order valence-electron chi connectivity index (χ0n) is 11.6. The van der Waals surface area contributed by atoms with E-state index in [1.54, 1.807) is 31.3 Å². The van der Waals surface area contributed by atoms with Crippen molar-refractivity contribution in [2.75, 3.05) is 11.9 Å². The lowest BCUT2D eigenvalue weighted by Gasteiger charge is -2.17. The summed E-state index contributed by atoms with van der Waals surface area (Å²) in [6.07, 6.45) is 3.12. The fourth-order valence-electron chi connectivity index (χ4n) is 1.91. The zero-order valence-corrected chi connectivity index (χ0v) is 11.6. The van der Waals surface area contributed by atoms with Gasteiger partial charge < -0.3 is 10.0 Å². The van der Waals surface area contributed by atoms with Crippen LogP contribution in [0.3, 0.4) is 0 Å². The molecule has 0 spiro atoms. The molecule has 0 aromatic heterocycles. The Balaban J connectivity index is 2.20. The normalized spacial score (nSPS) is 10.5. The van der Waals surface area contributed by atoms with Crippen LogP contribution in [0, 0.1) is 0 Å². The van der Waals surface area contributed by atoms with E-state index in [0.29, 0.717) is 5.69 Å². The number of likely N-dealkylation sites (N-methyl/N-ethyl adjacent to an activating group) is 1. The SMILES string of the molecule is CN(C(=O)/C=C/c1ccccc1)c1ccccc1C(=O)O. The predicted octanol–water partition coefficient (Wildman–Crippen LogP) is 3.06. The maximum Gasteiger partial charge on any atom is 0.337 e. The van der Waals surface area contributed by atoms with Crippen molar-refractivity contribution in [3.05, 3.63) is 71.8 Å². The highest BCUT2D eigenvalue weighted by molar-refractivity contribution is 6.07. The van der Waals surface area contributed by atoms with Crippen molar-refractivity contribution in [2.45, 2.75) is 0 Å². The standard InChI is InChI=1S/C17H15NO3/c1-18(15-10-6-5-9-14(15)17(20)21)16(19)12-11-13-7-3-2-4-8-13/h2-12H,1H3,(H,20,21)/b12-11+. The van der Waals surface area contributed by atoms with Gasteiger partial charge >= 0.3 is 5.97 Å². The van der Waals surface area contributed by atoms with Crippen LogP contribution in [-0.2, 0) is 4.79 Å². The number of carboxylic acids is 1. The maximum absolute atomic E-state index is 12.1. The summed E-state index contributed by atoms with van der Waals surface area (Å²) in [5, 5.41) is 9.15. The summed E-state index contributed by atoms with van der Waals surface area (Å²) in [6, 6.07) is 15.8. The predicted molar refractivity (Wildman–Crippen MR) is 82.3 cm³/mol. The highest BCUT2D eigenvalue weighted by Crippen LogP contribution is 2.19. The minimum atomic E-state index is -1.06. The number of hydrogen-bond acceptors (Lipinski definition) is 2. The molecule has 21 heavy (non-hydrogen) atoms. The van der Waals surface area contributed by atoms with E-state index in [9.17, 15) is 9.59 Å². The second kappa shape index (κ2) is 6.52. The van der Waals surface area contributed by atoms with Crippen molar-refractivity contribution in [1.82, 2.24) is 0 Å². The minimum absolute atomic E-state index is 0.0986. The summed E-state index contributed by atoms with van der Waals surface area (Å²) in [5.74, 6) is -1.34. The van der Waals surface area contributed by atoms with Crippen molar-refractivity contribution in [3.63, 3.8) is 0 Å². The van der Waals surface area contributed by atoms with Crippen LogP contribution in [0.25, 0.3) is 6.08 Å². The van der Waals surface area contributed by atoms with Gasteiger partial charge in [-0.1, -0.05) is 42.5 Å². The van der Waals surface area contributed by atoms with E-state index in [2.05, 4.69) is 0 Å². The lowest BCUT2D eigenvalue weighted by molar-refractivity contribution is -0.113. The Morgan fingerprint density at radius 3 is 2.29 bits per heavy atom. The van der Waals surface area contributed by atoms with E-state index < -0.39 is 5.97 Å². The average molecular weight is 281 g/mol. The first-order valence-electron chi connectivity index (χ1n) is 6.42. The van der Waals surface area contributed by atoms with Crippen LogP contribution in [0.4, 0.5) is 5.69 Å². The Bertz CT molecular complexity index is 677. The zero-order chi connectivity index (χ0) is 15.2. The topological polar surface area (TPSA) is 57.6 Å². The summed E-state index contributed by atoms with van der Waals surface area (Å²) >= 11 is 0. The maximum atomic E-state index is 12.1. The monoisotopic (exact) mass is 281 g/mol. The fourth-order valence-corrected chi connectivity index (χ4v) is 1.91. The Hall–Kier alpha value is -2.88. The summed E-state index contributed by atoms with van der Waals surface area (Å²) < 4.78 is 0. The van der Waals surface area contributed by atoms with Crippen LogP contribution < -0.4 is 4.90 Å². The van der Waals surface area contributed by atoms with Gasteiger partial charge in [-0.05, 0) is 23.8 Å². The van der Waals surface area contributed by atoms with Gasteiger partial charge in [0, 0.05) is 13.1 Å². The number of nitrogens with zero attached hydrogens (tertiary/aromatic N) is 1. The van der Waals surface area contributed by atoms with Gasteiger partial charge in [-0.15, -0.1) is 0 Å². The van der Waals surface area contributed by atoms with Crippen LogP contribution in [0.1, 0.15) is 15.9 Å². The first-order valence-corrected chi connectivity index (χ1v) is 6.42. The number of para-hydroxylation sites is 1. The van der Waals surface area contributed by atoms with Gasteiger partial charge in [0.1, 0.15) is 0 Å². The molecule has 0 aliphatic carbocycles. The number of hydrogen-bond donors (Lipinski definition) is 1. The third-order valence-electron chi connectivity index (χ3n) is 3.04. The molecular weight excluding hydrogens is 266 g/mol. The molecule has 2 rings (SSSR count). The van der Waals surface area contributed by atoms with Crippen molar-refractivity contribution in [2.24, 2.45) is 0 Å². The first kappa shape index (κ1) is 14.5. The number of carboxylic acid groups (broad SMARTS) is 1. The molecule has 0 aliphatic rings. The molecule has 0 heterocycles. The summed E-state index contributed by atoms with van der Waals surface area (Å²) in [6.45, 7) is 0. The number of benzene rings is 2. The van der Waals surface area contributed by atoms with Crippen molar-refractivity contribution in [1.29, 1.82) is 0 Å². The quantitative estimate of drug-likeness (QED) is 0.876. The molecule has 4 heteroatoms. The second-order valence-electron chi connectivity index (χ2n) is 4.46. The molecule has 2 aromatic rings. The summed E-state index contributed by atoms with van der Waals surface area (Å²) in [7, 11) is 1.56. The smallest absolute Gasteiger partial charge is 0.337 e. The molecule has 0 unspecified atom stereocenters. The van der Waals surface area contributed by atoms with E-state index >= 15 is 0 Å². The van der Waals surface area contributed by atoms with Crippen molar-refractivity contribution >= 4 is 23.6 Å². The Labute approximate surface area is 123 Å². The largest absolute Gasteiger partial charge is 0.478 e. The molecule has 0 aliphatic heterocycles. The van der Waals surface area contributed by atoms with E-state index in [0.717, 1.165) is 5.56 Å². The molecule has 4 nitrogen and oxygen atoms in total. The summed E-state index contributed by atoms with van der Waals surface area (Å²) in [4.78, 5) is 24.6. The number of carbonyl (C=O) groups excluding carboxylic acids is 1. The number of rotatable bonds is 4. The van der Waals surface area contributed by atoms with Gasteiger partial charge in [-0.2, -0.15) is 0 Å². The van der Waals surface area contributed by atoms with Gasteiger partial charge in [-0.3, -0.25) is 4.79 Å². The molecule has 2 aromatic carbocycles. The number of amides is 1. The minimum Gasteiger partial charge on any atom is -0.478 e.